The van der Waals surface area contributed by atoms with Gasteiger partial charge in [0.25, 0.3) is 0 Å². The van der Waals surface area contributed by atoms with Crippen LogP contribution in [0.1, 0.15) is 0 Å². The van der Waals surface area contributed by atoms with Crippen LogP contribution in [0.4, 0.5) is 5.95 Å². The predicted molar refractivity (Wildman–Crippen MR) is 82.5 cm³/mol. The first-order chi connectivity index (χ1) is 10.2. The zero-order chi connectivity index (χ0) is 14.8. The SMILES string of the molecule is COc1nc(N)nc(Oc2ccc3ccccc3c2Br)n1. The number of rotatable bonds is 3. The molecular weight excluding hydrogens is 336 g/mol. The van der Waals surface area contributed by atoms with E-state index in [0.29, 0.717) is 5.75 Å². The molecule has 0 saturated heterocycles. The van der Waals surface area contributed by atoms with Crippen molar-refractivity contribution in [2.24, 2.45) is 0 Å². The molecule has 0 aliphatic carbocycles. The highest BCUT2D eigenvalue weighted by atomic mass is 79.9. The van der Waals surface area contributed by atoms with Crippen LogP contribution >= 0.6 is 15.9 Å². The molecule has 1 aromatic heterocycles. The highest BCUT2D eigenvalue weighted by Gasteiger charge is 2.11. The first-order valence-corrected chi connectivity index (χ1v) is 6.87. The van der Waals surface area contributed by atoms with E-state index in [1.807, 2.05) is 36.4 Å². The van der Waals surface area contributed by atoms with Crippen molar-refractivity contribution in [3.8, 4) is 17.8 Å². The number of hydrogen-bond acceptors (Lipinski definition) is 6. The van der Waals surface area contributed by atoms with E-state index in [0.717, 1.165) is 15.2 Å². The van der Waals surface area contributed by atoms with Gasteiger partial charge in [0.15, 0.2) is 0 Å². The van der Waals surface area contributed by atoms with Crippen molar-refractivity contribution in [1.29, 1.82) is 0 Å². The largest absolute Gasteiger partial charge is 0.467 e. The smallest absolute Gasteiger partial charge is 0.330 e. The number of nitrogens with two attached hydrogens (primary N) is 1. The Morgan fingerprint density at radius 3 is 2.57 bits per heavy atom. The second-order valence-electron chi connectivity index (χ2n) is 4.16. The Balaban J connectivity index is 2.02. The zero-order valence-electron chi connectivity index (χ0n) is 11.1. The molecule has 2 aromatic carbocycles. The number of halogens is 1. The van der Waals surface area contributed by atoms with Crippen molar-refractivity contribution < 1.29 is 9.47 Å². The second kappa shape index (κ2) is 5.53. The monoisotopic (exact) mass is 346 g/mol. The van der Waals surface area contributed by atoms with Crippen molar-refractivity contribution in [3.63, 3.8) is 0 Å². The molecule has 0 aliphatic rings. The average molecular weight is 347 g/mol. The van der Waals surface area contributed by atoms with Gasteiger partial charge in [-0.15, -0.1) is 4.98 Å². The molecule has 2 N–H and O–H groups in total. The molecule has 0 aliphatic heterocycles. The minimum atomic E-state index is 0.0359. The molecule has 7 heteroatoms. The van der Waals surface area contributed by atoms with Crippen LogP contribution in [0.3, 0.4) is 0 Å². The van der Waals surface area contributed by atoms with E-state index in [1.54, 1.807) is 0 Å². The molecule has 3 aromatic rings. The number of benzene rings is 2. The number of methoxy groups -OCH3 is 1. The van der Waals surface area contributed by atoms with Crippen LogP contribution in [0.15, 0.2) is 40.9 Å². The van der Waals surface area contributed by atoms with Crippen molar-refractivity contribution in [3.05, 3.63) is 40.9 Å². The van der Waals surface area contributed by atoms with Gasteiger partial charge in [0.05, 0.1) is 11.6 Å². The summed E-state index contributed by atoms with van der Waals surface area (Å²) in [5.74, 6) is 0.620. The van der Waals surface area contributed by atoms with Gasteiger partial charge in [-0.1, -0.05) is 30.3 Å². The van der Waals surface area contributed by atoms with Gasteiger partial charge in [0.1, 0.15) is 5.75 Å². The van der Waals surface area contributed by atoms with E-state index in [9.17, 15) is 0 Å². The molecule has 6 nitrogen and oxygen atoms in total. The molecule has 0 spiro atoms. The Bertz CT molecular complexity index is 810. The maximum Gasteiger partial charge on any atom is 0.330 e. The van der Waals surface area contributed by atoms with Crippen LogP contribution in [0.25, 0.3) is 10.8 Å². The topological polar surface area (TPSA) is 83.2 Å². The van der Waals surface area contributed by atoms with E-state index in [-0.39, 0.29) is 18.0 Å². The molecule has 0 bridgehead atoms. The lowest BCUT2D eigenvalue weighted by molar-refractivity contribution is 0.360. The average Bonchev–Trinajstić information content (AvgIpc) is 2.50. The van der Waals surface area contributed by atoms with Crippen LogP contribution < -0.4 is 15.2 Å². The second-order valence-corrected chi connectivity index (χ2v) is 4.96. The number of anilines is 1. The Labute approximate surface area is 129 Å². The summed E-state index contributed by atoms with van der Waals surface area (Å²) in [4.78, 5) is 11.7. The molecule has 0 amide bonds. The highest BCUT2D eigenvalue weighted by molar-refractivity contribution is 9.10. The number of aromatic nitrogens is 3. The summed E-state index contributed by atoms with van der Waals surface area (Å²) >= 11 is 3.53. The first kappa shape index (κ1) is 13.6. The van der Waals surface area contributed by atoms with Crippen LogP contribution in [0.5, 0.6) is 17.8 Å². The van der Waals surface area contributed by atoms with Crippen LogP contribution in [0, 0.1) is 0 Å². The number of nitrogens with zero attached hydrogens (tertiary/aromatic N) is 3. The first-order valence-electron chi connectivity index (χ1n) is 6.08. The molecule has 0 fully saturated rings. The number of fused-ring (bicyclic) bond motifs is 1. The molecule has 0 radical (unpaired) electrons. The quantitative estimate of drug-likeness (QED) is 0.784. The van der Waals surface area contributed by atoms with Crippen LogP contribution in [-0.2, 0) is 0 Å². The highest BCUT2D eigenvalue weighted by Crippen LogP contribution is 2.35. The Kier molecular flexibility index (Phi) is 3.57. The maximum absolute atomic E-state index is 5.67. The Hall–Kier alpha value is -2.41. The Morgan fingerprint density at radius 1 is 1.00 bits per heavy atom. The van der Waals surface area contributed by atoms with E-state index in [4.69, 9.17) is 15.2 Å². The van der Waals surface area contributed by atoms with Gasteiger partial charge in [-0.3, -0.25) is 0 Å². The standard InChI is InChI=1S/C14H11BrN4O2/c1-20-13-17-12(16)18-14(19-13)21-10-7-6-8-4-2-3-5-9(8)11(10)15/h2-7H,1H3,(H2,16,17,18,19). The maximum atomic E-state index is 5.67. The summed E-state index contributed by atoms with van der Waals surface area (Å²) in [5, 5.41) is 2.13. The molecule has 0 saturated carbocycles. The predicted octanol–water partition coefficient (Wildman–Crippen LogP) is 3.17. The Morgan fingerprint density at radius 2 is 1.76 bits per heavy atom. The lowest BCUT2D eigenvalue weighted by atomic mass is 10.1. The number of nitrogen functional groups attached to an aromatic ring is 1. The molecule has 1 heterocycles. The normalized spacial score (nSPS) is 10.6. The summed E-state index contributed by atoms with van der Waals surface area (Å²) in [6, 6.07) is 11.9. The van der Waals surface area contributed by atoms with Crippen LogP contribution in [0.2, 0.25) is 0 Å². The van der Waals surface area contributed by atoms with Gasteiger partial charge in [0, 0.05) is 0 Å². The molecule has 0 atom stereocenters. The zero-order valence-corrected chi connectivity index (χ0v) is 12.7. The fraction of sp³-hybridized carbons (Fsp3) is 0.0714. The summed E-state index contributed by atoms with van der Waals surface area (Å²) < 4.78 is 11.4. The minimum absolute atomic E-state index is 0.0359. The number of ether oxygens (including phenoxy) is 2. The third kappa shape index (κ3) is 2.73. The van der Waals surface area contributed by atoms with E-state index in [1.165, 1.54) is 7.11 Å². The molecule has 0 unspecified atom stereocenters. The van der Waals surface area contributed by atoms with E-state index < -0.39 is 0 Å². The summed E-state index contributed by atoms with van der Waals surface area (Å²) in [6.07, 6.45) is 0. The van der Waals surface area contributed by atoms with Crippen molar-refractivity contribution >= 4 is 32.7 Å². The molecule has 106 valence electrons. The van der Waals surface area contributed by atoms with Gasteiger partial charge in [-0.25, -0.2) is 0 Å². The van der Waals surface area contributed by atoms with Crippen molar-refractivity contribution in [1.82, 2.24) is 15.0 Å². The van der Waals surface area contributed by atoms with Gasteiger partial charge < -0.3 is 15.2 Å². The minimum Gasteiger partial charge on any atom is -0.467 e. The summed E-state index contributed by atoms with van der Waals surface area (Å²) in [5.41, 5.74) is 5.58. The van der Waals surface area contributed by atoms with E-state index >= 15 is 0 Å². The third-order valence-corrected chi connectivity index (χ3v) is 3.64. The molecule has 21 heavy (non-hydrogen) atoms. The van der Waals surface area contributed by atoms with E-state index in [2.05, 4.69) is 30.9 Å². The van der Waals surface area contributed by atoms with Gasteiger partial charge in [-0.2, -0.15) is 9.97 Å². The van der Waals surface area contributed by atoms with Gasteiger partial charge in [-0.05, 0) is 32.8 Å². The fourth-order valence-corrected chi connectivity index (χ4v) is 2.45. The van der Waals surface area contributed by atoms with Crippen molar-refractivity contribution in [2.75, 3.05) is 12.8 Å². The lowest BCUT2D eigenvalue weighted by Crippen LogP contribution is -2.03. The molecular formula is C14H11BrN4O2. The summed E-state index contributed by atoms with van der Waals surface area (Å²) in [7, 11) is 1.45. The van der Waals surface area contributed by atoms with Crippen LogP contribution in [-0.4, -0.2) is 22.1 Å². The fourth-order valence-electron chi connectivity index (χ4n) is 1.88. The summed E-state index contributed by atoms with van der Waals surface area (Å²) in [6.45, 7) is 0. The number of hydrogen-bond donors (Lipinski definition) is 1. The third-order valence-electron chi connectivity index (χ3n) is 2.82. The lowest BCUT2D eigenvalue weighted by Gasteiger charge is -2.09. The van der Waals surface area contributed by atoms with Crippen molar-refractivity contribution in [2.45, 2.75) is 0 Å². The van der Waals surface area contributed by atoms with Gasteiger partial charge in [0.2, 0.25) is 5.95 Å². The van der Waals surface area contributed by atoms with Gasteiger partial charge >= 0.3 is 12.0 Å². The molecule has 3 rings (SSSR count).